The van der Waals surface area contributed by atoms with Crippen molar-refractivity contribution in [3.8, 4) is 0 Å². The van der Waals surface area contributed by atoms with Crippen LogP contribution in [0.5, 0.6) is 0 Å². The van der Waals surface area contributed by atoms with Gasteiger partial charge in [-0.1, -0.05) is 28.1 Å². The number of nitrogens with zero attached hydrogens (tertiary/aromatic N) is 2. The molecule has 0 radical (unpaired) electrons. The van der Waals surface area contributed by atoms with Gasteiger partial charge < -0.3 is 5.32 Å². The Labute approximate surface area is 128 Å². The lowest BCUT2D eigenvalue weighted by atomic mass is 9.93. The van der Waals surface area contributed by atoms with Gasteiger partial charge in [0, 0.05) is 35.4 Å². The van der Waals surface area contributed by atoms with Gasteiger partial charge in [0.1, 0.15) is 0 Å². The summed E-state index contributed by atoms with van der Waals surface area (Å²) in [4.78, 5) is 0. The fraction of sp³-hybridized carbons (Fsp3) is 0.438. The fourth-order valence-corrected chi connectivity index (χ4v) is 3.22. The number of halogens is 1. The summed E-state index contributed by atoms with van der Waals surface area (Å²) in [5.74, 6) is 0. The van der Waals surface area contributed by atoms with Crippen molar-refractivity contribution in [1.82, 2.24) is 15.1 Å². The Morgan fingerprint density at radius 3 is 3.10 bits per heavy atom. The maximum absolute atomic E-state index is 4.40. The van der Waals surface area contributed by atoms with E-state index in [0.29, 0.717) is 6.04 Å². The molecule has 106 valence electrons. The van der Waals surface area contributed by atoms with E-state index in [2.05, 4.69) is 51.5 Å². The zero-order chi connectivity index (χ0) is 14.1. The molecule has 1 heterocycles. The molecule has 1 unspecified atom stereocenters. The zero-order valence-corrected chi connectivity index (χ0v) is 13.6. The van der Waals surface area contributed by atoms with Crippen LogP contribution in [0.2, 0.25) is 0 Å². The Morgan fingerprint density at radius 2 is 2.30 bits per heavy atom. The molecule has 0 aliphatic heterocycles. The lowest BCUT2D eigenvalue weighted by molar-refractivity contribution is 0.452. The van der Waals surface area contributed by atoms with E-state index in [1.807, 2.05) is 17.9 Å². The lowest BCUT2D eigenvalue weighted by Crippen LogP contribution is -2.24. The first kappa shape index (κ1) is 13.8. The van der Waals surface area contributed by atoms with Gasteiger partial charge in [0.05, 0.1) is 6.20 Å². The highest BCUT2D eigenvalue weighted by atomic mass is 79.9. The van der Waals surface area contributed by atoms with Crippen molar-refractivity contribution in [3.63, 3.8) is 0 Å². The summed E-state index contributed by atoms with van der Waals surface area (Å²) in [6.07, 6.45) is 5.62. The molecule has 0 saturated heterocycles. The molecule has 4 heteroatoms. The van der Waals surface area contributed by atoms with E-state index in [-0.39, 0.29) is 0 Å². The van der Waals surface area contributed by atoms with Crippen molar-refractivity contribution in [2.45, 2.75) is 38.8 Å². The number of rotatable bonds is 3. The van der Waals surface area contributed by atoms with Crippen LogP contribution in [0.4, 0.5) is 0 Å². The fourth-order valence-electron chi connectivity index (χ4n) is 2.98. The minimum Gasteiger partial charge on any atom is -0.306 e. The second-order valence-electron chi connectivity index (χ2n) is 5.58. The van der Waals surface area contributed by atoms with Crippen LogP contribution in [-0.2, 0) is 20.0 Å². The van der Waals surface area contributed by atoms with Crippen molar-refractivity contribution < 1.29 is 0 Å². The molecule has 1 N–H and O–H groups in total. The second-order valence-corrected chi connectivity index (χ2v) is 6.43. The molecule has 0 saturated carbocycles. The molecule has 1 aliphatic rings. The van der Waals surface area contributed by atoms with Crippen molar-refractivity contribution in [2.75, 3.05) is 0 Å². The average molecular weight is 334 g/mol. The van der Waals surface area contributed by atoms with Crippen LogP contribution in [0.3, 0.4) is 0 Å². The van der Waals surface area contributed by atoms with E-state index in [9.17, 15) is 0 Å². The molecule has 1 atom stereocenters. The molecular formula is C16H20BrN3. The van der Waals surface area contributed by atoms with Crippen LogP contribution in [0.25, 0.3) is 0 Å². The Bertz CT molecular complexity index is 618. The van der Waals surface area contributed by atoms with Crippen LogP contribution in [0.1, 0.15) is 41.3 Å². The summed E-state index contributed by atoms with van der Waals surface area (Å²) < 4.78 is 3.20. The minimum absolute atomic E-state index is 0.441. The molecule has 20 heavy (non-hydrogen) atoms. The lowest BCUT2D eigenvalue weighted by Gasteiger charge is -2.24. The number of hydrogen-bond donors (Lipinski definition) is 1. The summed E-state index contributed by atoms with van der Waals surface area (Å²) >= 11 is 3.55. The van der Waals surface area contributed by atoms with E-state index in [1.165, 1.54) is 39.7 Å². The second kappa shape index (κ2) is 5.70. The third-order valence-corrected chi connectivity index (χ3v) is 5.04. The summed E-state index contributed by atoms with van der Waals surface area (Å²) in [6.45, 7) is 3.04. The first-order chi connectivity index (χ1) is 9.65. The predicted molar refractivity (Wildman–Crippen MR) is 84.6 cm³/mol. The zero-order valence-electron chi connectivity index (χ0n) is 12.0. The molecule has 1 aliphatic carbocycles. The standard InChI is InChI=1S/C16H20BrN3/c1-11-8-12(6-7-14(11)17)9-18-15-4-3-5-16-13(15)10-19-20(16)2/h6-8,10,15,18H,3-5,9H2,1-2H3. The Hall–Kier alpha value is -1.13. The van der Waals surface area contributed by atoms with E-state index < -0.39 is 0 Å². The number of aromatic nitrogens is 2. The van der Waals surface area contributed by atoms with Gasteiger partial charge in [-0.2, -0.15) is 5.10 Å². The minimum atomic E-state index is 0.441. The number of fused-ring (bicyclic) bond motifs is 1. The van der Waals surface area contributed by atoms with Gasteiger partial charge in [-0.05, 0) is 43.4 Å². The molecular weight excluding hydrogens is 314 g/mol. The van der Waals surface area contributed by atoms with Crippen molar-refractivity contribution in [2.24, 2.45) is 7.05 Å². The van der Waals surface area contributed by atoms with Crippen LogP contribution >= 0.6 is 15.9 Å². The summed E-state index contributed by atoms with van der Waals surface area (Å²) in [5, 5.41) is 8.09. The van der Waals surface area contributed by atoms with E-state index in [1.54, 1.807) is 0 Å². The van der Waals surface area contributed by atoms with Gasteiger partial charge in [0.15, 0.2) is 0 Å². The van der Waals surface area contributed by atoms with Gasteiger partial charge in [-0.3, -0.25) is 4.68 Å². The average Bonchev–Trinajstić information content (AvgIpc) is 2.83. The smallest absolute Gasteiger partial charge is 0.0540 e. The monoisotopic (exact) mass is 333 g/mol. The maximum atomic E-state index is 4.40. The Kier molecular flexibility index (Phi) is 3.94. The molecule has 0 amide bonds. The topological polar surface area (TPSA) is 29.9 Å². The molecule has 1 aromatic carbocycles. The molecule has 1 aromatic heterocycles. The molecule has 2 aromatic rings. The van der Waals surface area contributed by atoms with Crippen LogP contribution in [0.15, 0.2) is 28.9 Å². The number of hydrogen-bond acceptors (Lipinski definition) is 2. The normalized spacial score (nSPS) is 18.1. The predicted octanol–water partition coefficient (Wildman–Crippen LogP) is 3.66. The maximum Gasteiger partial charge on any atom is 0.0540 e. The van der Waals surface area contributed by atoms with Gasteiger partial charge in [0.25, 0.3) is 0 Å². The summed E-state index contributed by atoms with van der Waals surface area (Å²) in [7, 11) is 2.04. The largest absolute Gasteiger partial charge is 0.306 e. The number of nitrogens with one attached hydrogen (secondary N) is 1. The molecule has 0 fully saturated rings. The van der Waals surface area contributed by atoms with Crippen LogP contribution in [-0.4, -0.2) is 9.78 Å². The third-order valence-electron chi connectivity index (χ3n) is 4.15. The van der Waals surface area contributed by atoms with E-state index in [4.69, 9.17) is 0 Å². The SMILES string of the molecule is Cc1cc(CNC2CCCc3c2cnn3C)ccc1Br. The quantitative estimate of drug-likeness (QED) is 0.928. The molecule has 3 rings (SSSR count). The highest BCUT2D eigenvalue weighted by molar-refractivity contribution is 9.10. The number of aryl methyl sites for hydroxylation is 2. The van der Waals surface area contributed by atoms with Crippen molar-refractivity contribution >= 4 is 15.9 Å². The van der Waals surface area contributed by atoms with Gasteiger partial charge in [-0.25, -0.2) is 0 Å². The summed E-state index contributed by atoms with van der Waals surface area (Å²) in [5.41, 5.74) is 5.39. The number of benzene rings is 1. The molecule has 0 spiro atoms. The molecule has 0 bridgehead atoms. The van der Waals surface area contributed by atoms with Crippen LogP contribution < -0.4 is 5.32 Å². The Balaban J connectivity index is 1.71. The van der Waals surface area contributed by atoms with Gasteiger partial charge in [0.2, 0.25) is 0 Å². The van der Waals surface area contributed by atoms with E-state index >= 15 is 0 Å². The Morgan fingerprint density at radius 1 is 1.45 bits per heavy atom. The molecule has 3 nitrogen and oxygen atoms in total. The van der Waals surface area contributed by atoms with E-state index in [0.717, 1.165) is 13.0 Å². The highest BCUT2D eigenvalue weighted by Gasteiger charge is 2.22. The highest BCUT2D eigenvalue weighted by Crippen LogP contribution is 2.29. The van der Waals surface area contributed by atoms with Crippen molar-refractivity contribution in [1.29, 1.82) is 0 Å². The van der Waals surface area contributed by atoms with Crippen LogP contribution in [0, 0.1) is 6.92 Å². The summed E-state index contributed by atoms with van der Waals surface area (Å²) in [6, 6.07) is 6.99. The third kappa shape index (κ3) is 2.67. The first-order valence-corrected chi connectivity index (χ1v) is 7.93. The van der Waals surface area contributed by atoms with Gasteiger partial charge >= 0.3 is 0 Å². The first-order valence-electron chi connectivity index (χ1n) is 7.14. The van der Waals surface area contributed by atoms with Gasteiger partial charge in [-0.15, -0.1) is 0 Å². The van der Waals surface area contributed by atoms with Crippen molar-refractivity contribution in [3.05, 3.63) is 51.3 Å².